The number of amides is 2. The Labute approximate surface area is 179 Å². The van der Waals surface area contributed by atoms with E-state index >= 15 is 0 Å². The lowest BCUT2D eigenvalue weighted by Gasteiger charge is -2.35. The number of hydrogen-bond acceptors (Lipinski definition) is 5. The van der Waals surface area contributed by atoms with Crippen molar-refractivity contribution in [1.82, 2.24) is 9.88 Å². The minimum Gasteiger partial charge on any atom is -0.482 e. The number of piperidine rings is 1. The van der Waals surface area contributed by atoms with E-state index in [2.05, 4.69) is 6.07 Å². The van der Waals surface area contributed by atoms with Gasteiger partial charge in [0.05, 0.1) is 21.9 Å². The molecule has 0 saturated carbocycles. The Morgan fingerprint density at radius 2 is 1.97 bits per heavy atom. The predicted octanol–water partition coefficient (Wildman–Crippen LogP) is 4.17. The zero-order valence-electron chi connectivity index (χ0n) is 16.6. The highest BCUT2D eigenvalue weighted by Crippen LogP contribution is 2.36. The number of ether oxygens (including phenoxy) is 1. The normalized spacial score (nSPS) is 18.9. The standard InChI is InChI=1S/C23H23N3O3S/c27-21(12-14-26-17-8-2-3-10-19(17)29-15-22(26)28)25-13-6-5-9-18(25)23-24-16-7-1-4-11-20(16)30-23/h1-4,7-8,10-11,18H,5-6,9,12-15H2/t18-/m1/s1. The Bertz CT molecular complexity index is 1060. The summed E-state index contributed by atoms with van der Waals surface area (Å²) in [6.45, 7) is 1.12. The average molecular weight is 422 g/mol. The number of nitrogens with zero attached hydrogens (tertiary/aromatic N) is 3. The van der Waals surface area contributed by atoms with Crippen molar-refractivity contribution in [3.8, 4) is 5.75 Å². The van der Waals surface area contributed by atoms with Crippen LogP contribution < -0.4 is 9.64 Å². The van der Waals surface area contributed by atoms with Crippen LogP contribution in [-0.4, -0.2) is 41.4 Å². The molecule has 2 aliphatic heterocycles. The maximum absolute atomic E-state index is 13.2. The molecule has 1 aromatic heterocycles. The molecule has 3 aromatic rings. The summed E-state index contributed by atoms with van der Waals surface area (Å²) >= 11 is 1.68. The van der Waals surface area contributed by atoms with Gasteiger partial charge in [-0.2, -0.15) is 0 Å². The van der Waals surface area contributed by atoms with Crippen LogP contribution in [0.3, 0.4) is 0 Å². The third-order valence-corrected chi connectivity index (χ3v) is 6.91. The van der Waals surface area contributed by atoms with Gasteiger partial charge in [-0.15, -0.1) is 11.3 Å². The number of likely N-dealkylation sites (tertiary alicyclic amines) is 1. The van der Waals surface area contributed by atoms with E-state index in [9.17, 15) is 9.59 Å². The monoisotopic (exact) mass is 421 g/mol. The van der Waals surface area contributed by atoms with E-state index in [0.717, 1.165) is 46.7 Å². The van der Waals surface area contributed by atoms with Crippen LogP contribution in [0.5, 0.6) is 5.75 Å². The molecule has 154 valence electrons. The number of aromatic nitrogens is 1. The second-order valence-corrected chi connectivity index (χ2v) is 8.73. The smallest absolute Gasteiger partial charge is 0.265 e. The first-order chi connectivity index (χ1) is 14.7. The Kier molecular flexibility index (Phi) is 5.12. The first-order valence-corrected chi connectivity index (χ1v) is 11.2. The van der Waals surface area contributed by atoms with Crippen molar-refractivity contribution < 1.29 is 14.3 Å². The van der Waals surface area contributed by atoms with E-state index in [4.69, 9.17) is 9.72 Å². The van der Waals surface area contributed by atoms with Gasteiger partial charge in [-0.3, -0.25) is 9.59 Å². The highest BCUT2D eigenvalue weighted by Gasteiger charge is 2.32. The summed E-state index contributed by atoms with van der Waals surface area (Å²) in [5.74, 6) is 0.661. The molecular formula is C23H23N3O3S. The lowest BCUT2D eigenvalue weighted by molar-refractivity contribution is -0.134. The van der Waals surface area contributed by atoms with Gasteiger partial charge in [-0.05, 0) is 43.5 Å². The minimum atomic E-state index is -0.108. The van der Waals surface area contributed by atoms with Crippen LogP contribution in [0, 0.1) is 0 Å². The van der Waals surface area contributed by atoms with Crippen LogP contribution in [-0.2, 0) is 9.59 Å². The molecule has 0 radical (unpaired) electrons. The molecule has 5 rings (SSSR count). The Balaban J connectivity index is 1.33. The lowest BCUT2D eigenvalue weighted by Crippen LogP contribution is -2.43. The quantitative estimate of drug-likeness (QED) is 0.634. The second-order valence-electron chi connectivity index (χ2n) is 7.67. The topological polar surface area (TPSA) is 62.7 Å². The first-order valence-electron chi connectivity index (χ1n) is 10.4. The molecule has 0 bridgehead atoms. The second kappa shape index (κ2) is 8.07. The fourth-order valence-corrected chi connectivity index (χ4v) is 5.38. The molecule has 2 aliphatic rings. The van der Waals surface area contributed by atoms with Gasteiger partial charge in [0, 0.05) is 19.5 Å². The van der Waals surface area contributed by atoms with Gasteiger partial charge in [-0.1, -0.05) is 24.3 Å². The highest BCUT2D eigenvalue weighted by atomic mass is 32.1. The average Bonchev–Trinajstić information content (AvgIpc) is 3.22. The fraction of sp³-hybridized carbons (Fsp3) is 0.348. The number of anilines is 1. The minimum absolute atomic E-state index is 0.0171. The molecule has 3 heterocycles. The van der Waals surface area contributed by atoms with Crippen LogP contribution >= 0.6 is 11.3 Å². The number of rotatable bonds is 4. The van der Waals surface area contributed by atoms with E-state index in [1.54, 1.807) is 16.2 Å². The van der Waals surface area contributed by atoms with E-state index in [0.29, 0.717) is 18.7 Å². The van der Waals surface area contributed by atoms with Crippen molar-refractivity contribution in [1.29, 1.82) is 0 Å². The van der Waals surface area contributed by atoms with Crippen molar-refractivity contribution in [2.45, 2.75) is 31.7 Å². The molecule has 1 fully saturated rings. The van der Waals surface area contributed by atoms with Crippen LogP contribution in [0.15, 0.2) is 48.5 Å². The van der Waals surface area contributed by atoms with Gasteiger partial charge in [0.1, 0.15) is 10.8 Å². The summed E-state index contributed by atoms with van der Waals surface area (Å²) in [5.41, 5.74) is 1.73. The van der Waals surface area contributed by atoms with Gasteiger partial charge >= 0.3 is 0 Å². The number of benzene rings is 2. The van der Waals surface area contributed by atoms with Gasteiger partial charge in [-0.25, -0.2) is 4.98 Å². The zero-order chi connectivity index (χ0) is 20.5. The summed E-state index contributed by atoms with van der Waals surface area (Å²) < 4.78 is 6.65. The van der Waals surface area contributed by atoms with Crippen LogP contribution in [0.4, 0.5) is 5.69 Å². The maximum Gasteiger partial charge on any atom is 0.265 e. The Morgan fingerprint density at radius 1 is 1.13 bits per heavy atom. The molecule has 2 aromatic carbocycles. The van der Waals surface area contributed by atoms with E-state index < -0.39 is 0 Å². The first kappa shape index (κ1) is 19.1. The number of hydrogen-bond donors (Lipinski definition) is 0. The third-order valence-electron chi connectivity index (χ3n) is 5.78. The lowest BCUT2D eigenvalue weighted by atomic mass is 10.0. The number of carbonyl (C=O) groups is 2. The van der Waals surface area contributed by atoms with Crippen molar-refractivity contribution >= 4 is 39.1 Å². The molecule has 0 aliphatic carbocycles. The molecule has 1 saturated heterocycles. The molecule has 0 spiro atoms. The molecule has 0 N–H and O–H groups in total. The number of carbonyl (C=O) groups excluding carboxylic acids is 2. The number of fused-ring (bicyclic) bond motifs is 2. The van der Waals surface area contributed by atoms with Crippen molar-refractivity contribution in [3.05, 3.63) is 53.5 Å². The Morgan fingerprint density at radius 3 is 2.87 bits per heavy atom. The fourth-order valence-electron chi connectivity index (χ4n) is 4.27. The summed E-state index contributed by atoms with van der Waals surface area (Å²) in [7, 11) is 0. The predicted molar refractivity (Wildman–Crippen MR) is 117 cm³/mol. The maximum atomic E-state index is 13.2. The van der Waals surface area contributed by atoms with Crippen molar-refractivity contribution in [2.75, 3.05) is 24.6 Å². The highest BCUT2D eigenvalue weighted by molar-refractivity contribution is 7.18. The van der Waals surface area contributed by atoms with E-state index in [1.165, 1.54) is 0 Å². The molecule has 0 unspecified atom stereocenters. The van der Waals surface area contributed by atoms with Crippen molar-refractivity contribution in [2.24, 2.45) is 0 Å². The van der Waals surface area contributed by atoms with E-state index in [1.807, 2.05) is 47.4 Å². The van der Waals surface area contributed by atoms with Crippen LogP contribution in [0.25, 0.3) is 10.2 Å². The number of thiazole rings is 1. The molecule has 30 heavy (non-hydrogen) atoms. The number of para-hydroxylation sites is 3. The summed E-state index contributed by atoms with van der Waals surface area (Å²) in [4.78, 5) is 34.0. The van der Waals surface area contributed by atoms with Gasteiger partial charge in [0.2, 0.25) is 5.91 Å². The summed E-state index contributed by atoms with van der Waals surface area (Å²) in [5, 5.41) is 1.01. The van der Waals surface area contributed by atoms with Gasteiger partial charge in [0.15, 0.2) is 6.61 Å². The van der Waals surface area contributed by atoms with Crippen molar-refractivity contribution in [3.63, 3.8) is 0 Å². The molecular weight excluding hydrogens is 398 g/mol. The van der Waals surface area contributed by atoms with Crippen LogP contribution in [0.2, 0.25) is 0 Å². The Hall–Kier alpha value is -2.93. The summed E-state index contributed by atoms with van der Waals surface area (Å²) in [6, 6.07) is 15.6. The third kappa shape index (κ3) is 3.54. The summed E-state index contributed by atoms with van der Waals surface area (Å²) in [6.07, 6.45) is 3.33. The molecule has 6 nitrogen and oxygen atoms in total. The largest absolute Gasteiger partial charge is 0.482 e. The van der Waals surface area contributed by atoms with Crippen LogP contribution in [0.1, 0.15) is 36.7 Å². The molecule has 2 amide bonds. The zero-order valence-corrected chi connectivity index (χ0v) is 17.4. The van der Waals surface area contributed by atoms with Gasteiger partial charge in [0.25, 0.3) is 5.91 Å². The molecule has 7 heteroatoms. The molecule has 1 atom stereocenters. The SMILES string of the molecule is O=C1COc2ccccc2N1CCC(=O)N1CCCC[C@@H]1c1nc2ccccc2s1. The van der Waals surface area contributed by atoms with E-state index in [-0.39, 0.29) is 24.5 Å². The van der Waals surface area contributed by atoms with Gasteiger partial charge < -0.3 is 14.5 Å².